The molecule has 0 aromatic heterocycles. The molecule has 2 N–H and O–H groups in total. The number of methoxy groups -OCH3 is 1. The van der Waals surface area contributed by atoms with Crippen LogP contribution in [-0.4, -0.2) is 56.0 Å². The number of nitrogens with one attached hydrogen (secondary N) is 2. The molecule has 3 rings (SSSR count). The molecule has 0 bridgehead atoms. The second-order valence-corrected chi connectivity index (χ2v) is 7.98. The van der Waals surface area contributed by atoms with Crippen LogP contribution in [0, 0.1) is 17.8 Å². The van der Waals surface area contributed by atoms with E-state index in [1.807, 2.05) is 24.8 Å². The predicted octanol–water partition coefficient (Wildman–Crippen LogP) is 2.33. The second-order valence-electron chi connectivity index (χ2n) is 7.98. The number of nitrogens with zero attached hydrogens (tertiary/aromatic N) is 1. The third kappa shape index (κ3) is 4.97. The maximum atomic E-state index is 13.2. The number of para-hydroxylation sites is 1. The number of carbonyl (C=O) groups excluding carboxylic acids is 2. The van der Waals surface area contributed by atoms with Gasteiger partial charge in [-0.3, -0.25) is 9.59 Å². The molecule has 0 radical (unpaired) electrons. The number of fused-ring (bicyclic) bond motifs is 1. The normalized spacial score (nSPS) is 22.6. The van der Waals surface area contributed by atoms with Crippen LogP contribution in [0.2, 0.25) is 0 Å². The standard InChI is InChI=1S/C21H31N3O3.ClH/c1-14(2)19(23-20(25)17-6-4-5-7-18(17)27-3)21(26)24-10-8-15-12-22-13-16(15)9-11-24;/h4-7,14-16,19,22H,8-13H2,1-3H3,(H,23,25);1H/t15-,16+,19?;. The van der Waals surface area contributed by atoms with Gasteiger partial charge in [-0.05, 0) is 55.8 Å². The van der Waals surface area contributed by atoms with Gasteiger partial charge in [0.2, 0.25) is 5.91 Å². The number of carbonyl (C=O) groups is 2. The lowest BCUT2D eigenvalue weighted by molar-refractivity contribution is -0.134. The van der Waals surface area contributed by atoms with Crippen LogP contribution in [-0.2, 0) is 4.79 Å². The van der Waals surface area contributed by atoms with Crippen molar-refractivity contribution in [2.75, 3.05) is 33.3 Å². The molecule has 2 aliphatic rings. The maximum absolute atomic E-state index is 13.2. The molecule has 2 amide bonds. The summed E-state index contributed by atoms with van der Waals surface area (Å²) in [7, 11) is 1.54. The van der Waals surface area contributed by atoms with Crippen molar-refractivity contribution >= 4 is 24.2 Å². The van der Waals surface area contributed by atoms with Crippen molar-refractivity contribution in [2.45, 2.75) is 32.7 Å². The number of amides is 2. The minimum atomic E-state index is -0.529. The number of likely N-dealkylation sites (tertiary alicyclic amines) is 1. The third-order valence-corrected chi connectivity index (χ3v) is 5.90. The Morgan fingerprint density at radius 3 is 2.32 bits per heavy atom. The molecule has 2 heterocycles. The molecular weight excluding hydrogens is 378 g/mol. The largest absolute Gasteiger partial charge is 0.496 e. The van der Waals surface area contributed by atoms with Gasteiger partial charge in [0.25, 0.3) is 5.91 Å². The Morgan fingerprint density at radius 1 is 1.14 bits per heavy atom. The number of hydrogen-bond acceptors (Lipinski definition) is 4. The minimum absolute atomic E-state index is 0. The van der Waals surface area contributed by atoms with Crippen molar-refractivity contribution in [2.24, 2.45) is 17.8 Å². The molecule has 7 heteroatoms. The zero-order chi connectivity index (χ0) is 19.4. The zero-order valence-electron chi connectivity index (χ0n) is 16.9. The van der Waals surface area contributed by atoms with E-state index in [9.17, 15) is 9.59 Å². The first-order valence-electron chi connectivity index (χ1n) is 9.94. The van der Waals surface area contributed by atoms with Crippen molar-refractivity contribution < 1.29 is 14.3 Å². The van der Waals surface area contributed by atoms with Gasteiger partial charge in [-0.1, -0.05) is 26.0 Å². The Labute approximate surface area is 173 Å². The summed E-state index contributed by atoms with van der Waals surface area (Å²) in [4.78, 5) is 27.9. The molecule has 28 heavy (non-hydrogen) atoms. The average molecular weight is 410 g/mol. The van der Waals surface area contributed by atoms with E-state index in [2.05, 4.69) is 10.6 Å². The van der Waals surface area contributed by atoms with E-state index in [1.165, 1.54) is 0 Å². The van der Waals surface area contributed by atoms with Crippen molar-refractivity contribution in [3.8, 4) is 5.75 Å². The predicted molar refractivity (Wildman–Crippen MR) is 112 cm³/mol. The topological polar surface area (TPSA) is 70.7 Å². The van der Waals surface area contributed by atoms with Gasteiger partial charge in [0.05, 0.1) is 12.7 Å². The Balaban J connectivity index is 0.00000280. The first kappa shape index (κ1) is 22.5. The Hall–Kier alpha value is -1.79. The van der Waals surface area contributed by atoms with E-state index >= 15 is 0 Å². The summed E-state index contributed by atoms with van der Waals surface area (Å²) in [5, 5.41) is 6.41. The van der Waals surface area contributed by atoms with Crippen LogP contribution >= 0.6 is 12.4 Å². The van der Waals surface area contributed by atoms with E-state index in [4.69, 9.17) is 4.74 Å². The molecule has 0 aliphatic carbocycles. The van der Waals surface area contributed by atoms with E-state index in [0.29, 0.717) is 23.1 Å². The molecule has 1 aromatic rings. The van der Waals surface area contributed by atoms with Gasteiger partial charge in [0.1, 0.15) is 11.8 Å². The van der Waals surface area contributed by atoms with Gasteiger partial charge < -0.3 is 20.3 Å². The van der Waals surface area contributed by atoms with E-state index in [0.717, 1.165) is 39.0 Å². The average Bonchev–Trinajstić information content (AvgIpc) is 3.03. The SMILES string of the molecule is COc1ccccc1C(=O)NC(C(=O)N1CC[C@@H]2CNC[C@@H]2CC1)C(C)C.Cl. The van der Waals surface area contributed by atoms with Crippen molar-refractivity contribution in [3.63, 3.8) is 0 Å². The molecule has 2 fully saturated rings. The first-order valence-corrected chi connectivity index (χ1v) is 9.94. The quantitative estimate of drug-likeness (QED) is 0.783. The highest BCUT2D eigenvalue weighted by atomic mass is 35.5. The summed E-state index contributed by atoms with van der Waals surface area (Å²) in [6, 6.07) is 6.56. The van der Waals surface area contributed by atoms with Gasteiger partial charge in [-0.2, -0.15) is 0 Å². The molecule has 0 spiro atoms. The Kier molecular flexibility index (Phi) is 8.13. The van der Waals surface area contributed by atoms with Crippen LogP contribution in [0.25, 0.3) is 0 Å². The lowest BCUT2D eigenvalue weighted by atomic mass is 9.92. The molecule has 1 aromatic carbocycles. The number of rotatable bonds is 5. The van der Waals surface area contributed by atoms with Gasteiger partial charge in [0.15, 0.2) is 0 Å². The van der Waals surface area contributed by atoms with Crippen LogP contribution < -0.4 is 15.4 Å². The van der Waals surface area contributed by atoms with Crippen molar-refractivity contribution in [3.05, 3.63) is 29.8 Å². The van der Waals surface area contributed by atoms with Crippen molar-refractivity contribution in [1.29, 1.82) is 0 Å². The summed E-state index contributed by atoms with van der Waals surface area (Å²) in [6.45, 7) is 7.61. The van der Waals surface area contributed by atoms with Crippen LogP contribution in [0.3, 0.4) is 0 Å². The number of ether oxygens (including phenoxy) is 1. The van der Waals surface area contributed by atoms with E-state index < -0.39 is 6.04 Å². The summed E-state index contributed by atoms with van der Waals surface area (Å²) in [5.41, 5.74) is 0.454. The Morgan fingerprint density at radius 2 is 1.75 bits per heavy atom. The summed E-state index contributed by atoms with van der Waals surface area (Å²) >= 11 is 0. The highest BCUT2D eigenvalue weighted by Gasteiger charge is 2.35. The van der Waals surface area contributed by atoms with Crippen LogP contribution in [0.5, 0.6) is 5.75 Å². The number of benzene rings is 1. The second kappa shape index (κ2) is 10.1. The van der Waals surface area contributed by atoms with E-state index in [-0.39, 0.29) is 30.1 Å². The fourth-order valence-electron chi connectivity index (χ4n) is 4.20. The molecule has 6 nitrogen and oxygen atoms in total. The van der Waals surface area contributed by atoms with Crippen LogP contribution in [0.4, 0.5) is 0 Å². The highest BCUT2D eigenvalue weighted by Crippen LogP contribution is 2.27. The summed E-state index contributed by atoms with van der Waals surface area (Å²) in [6.07, 6.45) is 2.07. The molecule has 2 saturated heterocycles. The number of halogens is 1. The molecule has 156 valence electrons. The molecule has 2 aliphatic heterocycles. The fourth-order valence-corrected chi connectivity index (χ4v) is 4.20. The molecule has 3 atom stereocenters. The van der Waals surface area contributed by atoms with Gasteiger partial charge in [-0.15, -0.1) is 12.4 Å². The Bertz CT molecular complexity index is 669. The smallest absolute Gasteiger partial charge is 0.255 e. The van der Waals surface area contributed by atoms with Crippen molar-refractivity contribution in [1.82, 2.24) is 15.5 Å². The number of hydrogen-bond donors (Lipinski definition) is 2. The van der Waals surface area contributed by atoms with Crippen LogP contribution in [0.15, 0.2) is 24.3 Å². The third-order valence-electron chi connectivity index (χ3n) is 5.90. The summed E-state index contributed by atoms with van der Waals surface area (Å²) < 4.78 is 5.28. The molecule has 0 saturated carbocycles. The van der Waals surface area contributed by atoms with Gasteiger partial charge >= 0.3 is 0 Å². The van der Waals surface area contributed by atoms with Gasteiger partial charge in [-0.25, -0.2) is 0 Å². The molecule has 1 unspecified atom stereocenters. The summed E-state index contributed by atoms with van der Waals surface area (Å²) in [5.74, 6) is 1.63. The molecular formula is C21H32ClN3O3. The highest BCUT2D eigenvalue weighted by molar-refractivity contribution is 5.99. The van der Waals surface area contributed by atoms with Gasteiger partial charge in [0, 0.05) is 13.1 Å². The minimum Gasteiger partial charge on any atom is -0.496 e. The maximum Gasteiger partial charge on any atom is 0.255 e. The fraction of sp³-hybridized carbons (Fsp3) is 0.619. The monoisotopic (exact) mass is 409 g/mol. The first-order chi connectivity index (χ1) is 13.0. The van der Waals surface area contributed by atoms with Crippen LogP contribution in [0.1, 0.15) is 37.0 Å². The zero-order valence-corrected chi connectivity index (χ0v) is 17.8. The van der Waals surface area contributed by atoms with E-state index in [1.54, 1.807) is 25.3 Å². The lowest BCUT2D eigenvalue weighted by Gasteiger charge is -2.29. The lowest BCUT2D eigenvalue weighted by Crippen LogP contribution is -2.51.